The van der Waals surface area contributed by atoms with Crippen LogP contribution in [-0.2, 0) is 22.6 Å². The molecule has 3 aromatic carbocycles. The quantitative estimate of drug-likeness (QED) is 0.312. The Bertz CT molecular complexity index is 1320. The van der Waals surface area contributed by atoms with Gasteiger partial charge in [-0.2, -0.15) is 0 Å². The van der Waals surface area contributed by atoms with Crippen molar-refractivity contribution in [2.75, 3.05) is 13.1 Å². The molecule has 208 valence electrons. The SMILES string of the molecule is CC(C)CNC(=O)C(Cc1ccccc1)N(Cc1ccc(Cl)cc1)C(=O)CCCN1C(=O)c2ccccc2C1=O. The molecule has 1 aliphatic rings. The van der Waals surface area contributed by atoms with Crippen LogP contribution in [0.1, 0.15) is 58.5 Å². The molecule has 1 aliphatic heterocycles. The number of carbonyl (C=O) groups is 4. The van der Waals surface area contributed by atoms with E-state index >= 15 is 0 Å². The summed E-state index contributed by atoms with van der Waals surface area (Å²) < 4.78 is 0. The standard InChI is InChI=1S/C32H34ClN3O4/c1-22(2)20-34-30(38)28(19-23-9-4-3-5-10-23)36(21-24-14-16-25(33)17-15-24)29(37)13-8-18-35-31(39)26-11-6-7-12-27(26)32(35)40/h3-7,9-12,14-17,22,28H,8,13,18-21H2,1-2H3,(H,34,38). The summed E-state index contributed by atoms with van der Waals surface area (Å²) >= 11 is 6.09. The molecule has 8 heteroatoms. The van der Waals surface area contributed by atoms with Gasteiger partial charge in [0.15, 0.2) is 0 Å². The molecule has 0 fully saturated rings. The molecule has 3 aromatic rings. The highest BCUT2D eigenvalue weighted by atomic mass is 35.5. The Morgan fingerprint density at radius 1 is 0.850 bits per heavy atom. The molecule has 40 heavy (non-hydrogen) atoms. The van der Waals surface area contributed by atoms with Crippen molar-refractivity contribution in [2.24, 2.45) is 5.92 Å². The van der Waals surface area contributed by atoms with Crippen LogP contribution in [0.5, 0.6) is 0 Å². The predicted octanol–water partition coefficient (Wildman–Crippen LogP) is 5.13. The van der Waals surface area contributed by atoms with Crippen molar-refractivity contribution in [1.82, 2.24) is 15.1 Å². The normalized spacial score (nSPS) is 13.3. The lowest BCUT2D eigenvalue weighted by molar-refractivity contribution is -0.141. The summed E-state index contributed by atoms with van der Waals surface area (Å²) in [5.74, 6) is -0.893. The van der Waals surface area contributed by atoms with Gasteiger partial charge in [0.05, 0.1) is 11.1 Å². The van der Waals surface area contributed by atoms with E-state index in [1.54, 1.807) is 41.3 Å². The second-order valence-electron chi connectivity index (χ2n) is 10.4. The molecule has 0 aromatic heterocycles. The van der Waals surface area contributed by atoms with Crippen LogP contribution >= 0.6 is 11.6 Å². The monoisotopic (exact) mass is 559 g/mol. The summed E-state index contributed by atoms with van der Waals surface area (Å²) in [6.45, 7) is 4.86. The summed E-state index contributed by atoms with van der Waals surface area (Å²) in [5.41, 5.74) is 2.54. The number of fused-ring (bicyclic) bond motifs is 1. The van der Waals surface area contributed by atoms with Gasteiger partial charge in [0.25, 0.3) is 11.8 Å². The minimum Gasteiger partial charge on any atom is -0.354 e. The van der Waals surface area contributed by atoms with E-state index in [0.717, 1.165) is 11.1 Å². The average Bonchev–Trinajstić information content (AvgIpc) is 3.20. The maximum absolute atomic E-state index is 13.8. The first-order chi connectivity index (χ1) is 19.2. The van der Waals surface area contributed by atoms with Crippen LogP contribution in [0, 0.1) is 5.92 Å². The third-order valence-corrected chi connectivity index (χ3v) is 7.12. The minimum atomic E-state index is -0.747. The first-order valence-corrected chi connectivity index (χ1v) is 13.9. The lowest BCUT2D eigenvalue weighted by Crippen LogP contribution is -2.51. The largest absolute Gasteiger partial charge is 0.354 e. The fraction of sp³-hybridized carbons (Fsp3) is 0.312. The van der Waals surface area contributed by atoms with Gasteiger partial charge in [-0.05, 0) is 47.7 Å². The number of benzene rings is 3. The Morgan fingerprint density at radius 2 is 1.45 bits per heavy atom. The highest BCUT2D eigenvalue weighted by molar-refractivity contribution is 6.30. The molecular formula is C32H34ClN3O4. The molecule has 0 radical (unpaired) electrons. The molecule has 0 aliphatic carbocycles. The van der Waals surface area contributed by atoms with E-state index < -0.39 is 6.04 Å². The van der Waals surface area contributed by atoms with Crippen LogP contribution in [0.3, 0.4) is 0 Å². The molecular weight excluding hydrogens is 526 g/mol. The maximum Gasteiger partial charge on any atom is 0.261 e. The number of amides is 4. The number of nitrogens with one attached hydrogen (secondary N) is 1. The van der Waals surface area contributed by atoms with Crippen molar-refractivity contribution < 1.29 is 19.2 Å². The van der Waals surface area contributed by atoms with Crippen LogP contribution in [-0.4, -0.2) is 52.6 Å². The van der Waals surface area contributed by atoms with Gasteiger partial charge in [-0.3, -0.25) is 24.1 Å². The van der Waals surface area contributed by atoms with Crippen molar-refractivity contribution in [3.63, 3.8) is 0 Å². The van der Waals surface area contributed by atoms with E-state index in [4.69, 9.17) is 11.6 Å². The summed E-state index contributed by atoms with van der Waals surface area (Å²) in [4.78, 5) is 55.6. The fourth-order valence-electron chi connectivity index (χ4n) is 4.74. The topological polar surface area (TPSA) is 86.8 Å². The minimum absolute atomic E-state index is 0.0732. The van der Waals surface area contributed by atoms with E-state index in [1.807, 2.05) is 56.3 Å². The number of halogens is 1. The van der Waals surface area contributed by atoms with E-state index in [1.165, 1.54) is 4.90 Å². The van der Waals surface area contributed by atoms with Crippen molar-refractivity contribution in [3.8, 4) is 0 Å². The highest BCUT2D eigenvalue weighted by Crippen LogP contribution is 2.23. The molecule has 4 rings (SSSR count). The zero-order valence-corrected chi connectivity index (χ0v) is 23.6. The Balaban J connectivity index is 1.53. The van der Waals surface area contributed by atoms with Crippen LogP contribution in [0.25, 0.3) is 0 Å². The molecule has 0 spiro atoms. The van der Waals surface area contributed by atoms with Crippen LogP contribution < -0.4 is 5.32 Å². The molecule has 0 saturated heterocycles. The highest BCUT2D eigenvalue weighted by Gasteiger charge is 2.35. The van der Waals surface area contributed by atoms with Gasteiger partial charge < -0.3 is 10.2 Å². The number of nitrogens with zero attached hydrogens (tertiary/aromatic N) is 2. The molecule has 1 N–H and O–H groups in total. The van der Waals surface area contributed by atoms with Gasteiger partial charge in [-0.15, -0.1) is 0 Å². The molecule has 0 saturated carbocycles. The van der Waals surface area contributed by atoms with Crippen molar-refractivity contribution in [1.29, 1.82) is 0 Å². The molecule has 0 bridgehead atoms. The van der Waals surface area contributed by atoms with Crippen molar-refractivity contribution in [3.05, 3.63) is 106 Å². The zero-order valence-electron chi connectivity index (χ0n) is 22.8. The van der Waals surface area contributed by atoms with Crippen molar-refractivity contribution >= 4 is 35.2 Å². The van der Waals surface area contributed by atoms with Crippen molar-refractivity contribution in [2.45, 2.75) is 45.7 Å². The average molecular weight is 560 g/mol. The maximum atomic E-state index is 13.8. The van der Waals surface area contributed by atoms with E-state index in [-0.39, 0.29) is 55.5 Å². The van der Waals surface area contributed by atoms with Crippen LogP contribution in [0.4, 0.5) is 0 Å². The van der Waals surface area contributed by atoms with Gasteiger partial charge in [0.2, 0.25) is 11.8 Å². The van der Waals surface area contributed by atoms with E-state index in [2.05, 4.69) is 5.32 Å². The first kappa shape index (κ1) is 29.0. The second kappa shape index (κ2) is 13.4. The number of carbonyl (C=O) groups excluding carboxylic acids is 4. The first-order valence-electron chi connectivity index (χ1n) is 13.6. The Kier molecular flexibility index (Phi) is 9.72. The molecule has 7 nitrogen and oxygen atoms in total. The lowest BCUT2D eigenvalue weighted by atomic mass is 10.0. The summed E-state index contributed by atoms with van der Waals surface area (Å²) in [7, 11) is 0. The third-order valence-electron chi connectivity index (χ3n) is 6.87. The van der Waals surface area contributed by atoms with Gasteiger partial charge in [-0.1, -0.05) is 80.0 Å². The fourth-order valence-corrected chi connectivity index (χ4v) is 4.86. The van der Waals surface area contributed by atoms with Crippen LogP contribution in [0.2, 0.25) is 5.02 Å². The van der Waals surface area contributed by atoms with Gasteiger partial charge in [0, 0.05) is 37.5 Å². The van der Waals surface area contributed by atoms with Gasteiger partial charge >= 0.3 is 0 Å². The molecule has 1 heterocycles. The van der Waals surface area contributed by atoms with E-state index in [0.29, 0.717) is 29.1 Å². The smallest absolute Gasteiger partial charge is 0.261 e. The molecule has 4 amide bonds. The Hall–Kier alpha value is -3.97. The Labute approximate surface area is 240 Å². The molecule has 1 atom stereocenters. The second-order valence-corrected chi connectivity index (χ2v) is 10.8. The van der Waals surface area contributed by atoms with Gasteiger partial charge in [-0.25, -0.2) is 0 Å². The van der Waals surface area contributed by atoms with Gasteiger partial charge in [0.1, 0.15) is 6.04 Å². The summed E-state index contributed by atoms with van der Waals surface area (Å²) in [6.07, 6.45) is 0.708. The molecule has 1 unspecified atom stereocenters. The number of hydrogen-bond acceptors (Lipinski definition) is 4. The lowest BCUT2D eigenvalue weighted by Gasteiger charge is -2.32. The summed E-state index contributed by atoms with van der Waals surface area (Å²) in [5, 5.41) is 3.59. The number of rotatable bonds is 12. The third kappa shape index (κ3) is 7.16. The number of hydrogen-bond donors (Lipinski definition) is 1. The zero-order chi connectivity index (χ0) is 28.6. The van der Waals surface area contributed by atoms with E-state index in [9.17, 15) is 19.2 Å². The Morgan fingerprint density at radius 3 is 2.05 bits per heavy atom. The van der Waals surface area contributed by atoms with Crippen LogP contribution in [0.15, 0.2) is 78.9 Å². The number of imide groups is 1. The summed E-state index contributed by atoms with van der Waals surface area (Å²) in [6, 6.07) is 22.8. The predicted molar refractivity (Wildman–Crippen MR) is 155 cm³/mol.